The van der Waals surface area contributed by atoms with Gasteiger partial charge in [0.05, 0.1) is 12.8 Å². The zero-order valence-electron chi connectivity index (χ0n) is 21.5. The number of ether oxygens (including phenoxy) is 1. The average Bonchev–Trinajstić information content (AvgIpc) is 3.30. The fourth-order valence-electron chi connectivity index (χ4n) is 4.24. The Morgan fingerprint density at radius 2 is 1.87 bits per heavy atom. The minimum absolute atomic E-state index is 0.0651. The summed E-state index contributed by atoms with van der Waals surface area (Å²) in [7, 11) is 5.33. The lowest BCUT2D eigenvalue weighted by Crippen LogP contribution is -2.10. The summed E-state index contributed by atoms with van der Waals surface area (Å²) in [6.45, 7) is 0.263. The van der Waals surface area contributed by atoms with Gasteiger partial charge in [0.2, 0.25) is 5.95 Å². The van der Waals surface area contributed by atoms with Gasteiger partial charge < -0.3 is 25.6 Å². The van der Waals surface area contributed by atoms with E-state index in [1.807, 2.05) is 37.2 Å². The Hall–Kier alpha value is -4.67. The number of nitrogen functional groups attached to an aromatic ring is 1. The summed E-state index contributed by atoms with van der Waals surface area (Å²) in [5.41, 5.74) is 9.83. The smallest absolute Gasteiger partial charge is 0.243 e. The molecule has 5 rings (SSSR count). The molecule has 0 saturated heterocycles. The number of fused-ring (bicyclic) bond motifs is 1. The Bertz CT molecular complexity index is 1720. The second-order valence-electron chi connectivity index (χ2n) is 9.01. The molecule has 0 amide bonds. The van der Waals surface area contributed by atoms with E-state index in [0.717, 1.165) is 16.8 Å². The second-order valence-corrected chi connectivity index (χ2v) is 9.42. The van der Waals surface area contributed by atoms with Crippen LogP contribution in [0.15, 0.2) is 65.8 Å². The summed E-state index contributed by atoms with van der Waals surface area (Å²) in [4.78, 5) is 6.47. The number of hydrogen-bond acceptors (Lipinski definition) is 9. The molecule has 0 aliphatic heterocycles. The molecule has 0 unspecified atom stereocenters. The zero-order valence-corrected chi connectivity index (χ0v) is 22.3. The molecule has 39 heavy (non-hydrogen) atoms. The van der Waals surface area contributed by atoms with E-state index in [9.17, 15) is 10.2 Å². The van der Waals surface area contributed by atoms with Crippen molar-refractivity contribution >= 4 is 40.5 Å². The number of anilines is 2. The molecular formula is C28H26ClN7O3. The first-order valence-electron chi connectivity index (χ1n) is 11.9. The lowest BCUT2D eigenvalue weighted by molar-refractivity contribution is 0.182. The maximum absolute atomic E-state index is 10.6. The molecule has 0 bridgehead atoms. The predicted molar refractivity (Wildman–Crippen MR) is 153 cm³/mol. The van der Waals surface area contributed by atoms with Crippen molar-refractivity contribution < 1.29 is 14.9 Å². The number of phenols is 2. The van der Waals surface area contributed by atoms with Gasteiger partial charge >= 0.3 is 0 Å². The summed E-state index contributed by atoms with van der Waals surface area (Å²) in [5.74, 6) is 1.31. The highest BCUT2D eigenvalue weighted by molar-refractivity contribution is 6.34. The average molecular weight is 544 g/mol. The number of nitrogens with zero attached hydrogens (tertiary/aromatic N) is 6. The maximum atomic E-state index is 10.6. The van der Waals surface area contributed by atoms with Gasteiger partial charge in [-0.05, 0) is 54.1 Å². The van der Waals surface area contributed by atoms with Gasteiger partial charge in [0.25, 0.3) is 0 Å². The monoisotopic (exact) mass is 543 g/mol. The number of hydrogen-bond donors (Lipinski definition) is 3. The summed E-state index contributed by atoms with van der Waals surface area (Å²) in [6, 6.07) is 17.9. The highest BCUT2D eigenvalue weighted by Crippen LogP contribution is 2.39. The Morgan fingerprint density at radius 3 is 2.64 bits per heavy atom. The van der Waals surface area contributed by atoms with E-state index in [0.29, 0.717) is 38.6 Å². The highest BCUT2D eigenvalue weighted by atomic mass is 35.5. The summed E-state index contributed by atoms with van der Waals surface area (Å²) in [5, 5.41) is 35.0. The first-order chi connectivity index (χ1) is 18.8. The quantitative estimate of drug-likeness (QED) is 0.247. The second kappa shape index (κ2) is 10.6. The molecule has 0 saturated carbocycles. The number of methoxy groups -OCH3 is 1. The van der Waals surface area contributed by atoms with Crippen molar-refractivity contribution in [2.24, 2.45) is 5.10 Å². The standard InChI is InChI=1S/C28H26ClN7O3/c1-35(2)24-12-9-20-19(8-11-23(37)25(20)32-24)21-13-16(7-10-22(21)29)27-33-34-28(30)36(27)31-14-17-5-4-6-18(15-39-3)26(17)38/h4-14,37-38H,15H2,1-3H3,(H2,30,34)/b31-14+. The predicted octanol–water partition coefficient (Wildman–Crippen LogP) is 4.90. The number of aromatic nitrogens is 4. The van der Waals surface area contributed by atoms with Crippen molar-refractivity contribution in [2.45, 2.75) is 6.61 Å². The number of rotatable bonds is 7. The Morgan fingerprint density at radius 1 is 1.05 bits per heavy atom. The third kappa shape index (κ3) is 4.95. The SMILES string of the molecule is COCc1cccc(/C=N/n2c(N)nnc2-c2ccc(Cl)c(-c3ccc(O)c4nc(N(C)C)ccc34)c2)c1O. The molecule has 0 atom stereocenters. The molecule has 198 valence electrons. The summed E-state index contributed by atoms with van der Waals surface area (Å²) in [6.07, 6.45) is 1.48. The van der Waals surface area contributed by atoms with E-state index in [4.69, 9.17) is 22.1 Å². The van der Waals surface area contributed by atoms with Crippen molar-refractivity contribution in [2.75, 3.05) is 31.8 Å². The number of phenolic OH excluding ortho intramolecular Hbond substituents is 2. The number of nitrogens with two attached hydrogens (primary N) is 1. The van der Waals surface area contributed by atoms with E-state index >= 15 is 0 Å². The topological polar surface area (TPSA) is 135 Å². The molecule has 0 fully saturated rings. The van der Waals surface area contributed by atoms with Crippen LogP contribution in [0.2, 0.25) is 5.02 Å². The Labute approximate surface area is 229 Å². The minimum atomic E-state index is 0.0651. The molecule has 0 radical (unpaired) electrons. The molecule has 11 heteroatoms. The normalized spacial score (nSPS) is 11.5. The van der Waals surface area contributed by atoms with Gasteiger partial charge in [-0.15, -0.1) is 10.2 Å². The third-order valence-electron chi connectivity index (χ3n) is 6.22. The van der Waals surface area contributed by atoms with E-state index in [-0.39, 0.29) is 24.1 Å². The Balaban J connectivity index is 1.58. The fourth-order valence-corrected chi connectivity index (χ4v) is 4.46. The number of aromatic hydroxyl groups is 2. The van der Waals surface area contributed by atoms with Crippen LogP contribution in [0.5, 0.6) is 11.5 Å². The van der Waals surface area contributed by atoms with Crippen LogP contribution in [-0.4, -0.2) is 57.5 Å². The lowest BCUT2D eigenvalue weighted by Gasteiger charge is -2.15. The van der Waals surface area contributed by atoms with E-state index in [2.05, 4.69) is 20.3 Å². The molecule has 2 aromatic heterocycles. The maximum Gasteiger partial charge on any atom is 0.243 e. The third-order valence-corrected chi connectivity index (χ3v) is 6.55. The first-order valence-corrected chi connectivity index (χ1v) is 12.3. The number of pyridine rings is 1. The molecule has 5 aromatic rings. The molecule has 4 N–H and O–H groups in total. The van der Waals surface area contributed by atoms with E-state index < -0.39 is 0 Å². The van der Waals surface area contributed by atoms with E-state index in [1.54, 1.807) is 49.6 Å². The number of para-hydroxylation sites is 1. The molecule has 0 aliphatic carbocycles. The van der Waals surface area contributed by atoms with Crippen molar-refractivity contribution in [1.82, 2.24) is 19.9 Å². The van der Waals surface area contributed by atoms with Crippen LogP contribution in [0.1, 0.15) is 11.1 Å². The lowest BCUT2D eigenvalue weighted by atomic mass is 9.98. The first kappa shape index (κ1) is 26.0. The largest absolute Gasteiger partial charge is 0.507 e. The van der Waals surface area contributed by atoms with Crippen LogP contribution in [0, 0.1) is 0 Å². The van der Waals surface area contributed by atoms with Crippen LogP contribution < -0.4 is 10.6 Å². The van der Waals surface area contributed by atoms with Crippen LogP contribution >= 0.6 is 11.6 Å². The molecule has 0 spiro atoms. The van der Waals surface area contributed by atoms with Crippen LogP contribution in [0.4, 0.5) is 11.8 Å². The molecule has 2 heterocycles. The van der Waals surface area contributed by atoms with Crippen LogP contribution in [0.25, 0.3) is 33.4 Å². The number of halogens is 1. The van der Waals surface area contributed by atoms with Crippen molar-refractivity contribution in [3.8, 4) is 34.0 Å². The Kier molecular flexibility index (Phi) is 7.05. The van der Waals surface area contributed by atoms with Gasteiger partial charge in [0.15, 0.2) is 5.82 Å². The zero-order chi connectivity index (χ0) is 27.7. The number of benzene rings is 3. The van der Waals surface area contributed by atoms with Crippen molar-refractivity contribution in [3.63, 3.8) is 0 Å². The minimum Gasteiger partial charge on any atom is -0.507 e. The van der Waals surface area contributed by atoms with Crippen molar-refractivity contribution in [1.29, 1.82) is 0 Å². The van der Waals surface area contributed by atoms with Gasteiger partial charge in [-0.2, -0.15) is 9.78 Å². The van der Waals surface area contributed by atoms with E-state index in [1.165, 1.54) is 10.9 Å². The van der Waals surface area contributed by atoms with Crippen LogP contribution in [-0.2, 0) is 11.3 Å². The summed E-state index contributed by atoms with van der Waals surface area (Å²) < 4.78 is 6.52. The van der Waals surface area contributed by atoms with Crippen molar-refractivity contribution in [3.05, 3.63) is 76.8 Å². The molecule has 3 aromatic carbocycles. The molecule has 10 nitrogen and oxygen atoms in total. The van der Waals surface area contributed by atoms with Gasteiger partial charge in [-0.3, -0.25) is 0 Å². The van der Waals surface area contributed by atoms with Gasteiger partial charge in [-0.1, -0.05) is 23.7 Å². The van der Waals surface area contributed by atoms with Gasteiger partial charge in [0.1, 0.15) is 22.8 Å². The van der Waals surface area contributed by atoms with Gasteiger partial charge in [0, 0.05) is 53.9 Å². The summed E-state index contributed by atoms with van der Waals surface area (Å²) >= 11 is 6.66. The molecular weight excluding hydrogens is 518 g/mol. The van der Waals surface area contributed by atoms with Crippen LogP contribution in [0.3, 0.4) is 0 Å². The van der Waals surface area contributed by atoms with Gasteiger partial charge in [-0.25, -0.2) is 4.98 Å². The highest BCUT2D eigenvalue weighted by Gasteiger charge is 2.17. The molecule has 0 aliphatic rings. The fraction of sp³-hybridized carbons (Fsp3) is 0.143.